The van der Waals surface area contributed by atoms with Gasteiger partial charge in [0.15, 0.2) is 0 Å². The maximum Gasteiger partial charge on any atom is 0.416 e. The highest BCUT2D eigenvalue weighted by atomic mass is 19.4. The summed E-state index contributed by atoms with van der Waals surface area (Å²) in [4.78, 5) is 0. The van der Waals surface area contributed by atoms with Gasteiger partial charge in [-0.2, -0.15) is 13.2 Å². The summed E-state index contributed by atoms with van der Waals surface area (Å²) in [5, 5.41) is 0. The second-order valence-electron chi connectivity index (χ2n) is 5.81. The molecule has 0 bridgehead atoms. The minimum Gasteiger partial charge on any atom is -0.494 e. The van der Waals surface area contributed by atoms with Gasteiger partial charge in [0.2, 0.25) is 0 Å². The average molecular weight is 337 g/mol. The van der Waals surface area contributed by atoms with Gasteiger partial charge in [0.05, 0.1) is 12.2 Å². The molecule has 2 N–H and O–H groups in total. The van der Waals surface area contributed by atoms with E-state index in [1.54, 1.807) is 6.07 Å². The topological polar surface area (TPSA) is 35.2 Å². The van der Waals surface area contributed by atoms with E-state index in [0.717, 1.165) is 22.9 Å². The molecule has 0 saturated heterocycles. The summed E-state index contributed by atoms with van der Waals surface area (Å²) in [6.07, 6.45) is -3.90. The lowest BCUT2D eigenvalue weighted by atomic mass is 9.90. The Hall–Kier alpha value is -2.01. The monoisotopic (exact) mass is 337 g/mol. The standard InChI is InChI=1S/C19H22F3NO/c1-3-24-18-8-7-13(2)9-17(18)15(12-23)10-14-5-4-6-16(11-14)19(20,21)22/h4-9,11,15H,3,10,12,23H2,1-2H3. The summed E-state index contributed by atoms with van der Waals surface area (Å²) in [6, 6.07) is 11.3. The first-order valence-electron chi connectivity index (χ1n) is 7.94. The second kappa shape index (κ2) is 7.71. The lowest BCUT2D eigenvalue weighted by molar-refractivity contribution is -0.137. The normalized spacial score (nSPS) is 12.9. The van der Waals surface area contributed by atoms with Crippen LogP contribution in [0.3, 0.4) is 0 Å². The summed E-state index contributed by atoms with van der Waals surface area (Å²) in [7, 11) is 0. The predicted octanol–water partition coefficient (Wildman–Crippen LogP) is 4.70. The van der Waals surface area contributed by atoms with Crippen molar-refractivity contribution < 1.29 is 17.9 Å². The maximum atomic E-state index is 12.9. The number of rotatable bonds is 6. The molecule has 2 nitrogen and oxygen atoms in total. The molecule has 5 heteroatoms. The van der Waals surface area contributed by atoms with Crippen molar-refractivity contribution >= 4 is 0 Å². The Kier molecular flexibility index (Phi) is 5.89. The van der Waals surface area contributed by atoms with Crippen LogP contribution in [0.5, 0.6) is 5.75 Å². The zero-order chi connectivity index (χ0) is 17.7. The Balaban J connectivity index is 2.32. The average Bonchev–Trinajstić information content (AvgIpc) is 2.54. The van der Waals surface area contributed by atoms with Crippen LogP contribution in [0, 0.1) is 6.92 Å². The van der Waals surface area contributed by atoms with E-state index in [0.29, 0.717) is 25.1 Å². The molecular weight excluding hydrogens is 315 g/mol. The fraction of sp³-hybridized carbons (Fsp3) is 0.368. The third kappa shape index (κ3) is 4.51. The first kappa shape index (κ1) is 18.3. The molecule has 2 aromatic rings. The number of nitrogens with two attached hydrogens (primary N) is 1. The molecular formula is C19H22F3NO. The van der Waals surface area contributed by atoms with Crippen molar-refractivity contribution in [1.82, 2.24) is 0 Å². The van der Waals surface area contributed by atoms with E-state index in [9.17, 15) is 13.2 Å². The Morgan fingerprint density at radius 1 is 1.12 bits per heavy atom. The number of hydrogen-bond acceptors (Lipinski definition) is 2. The van der Waals surface area contributed by atoms with Crippen LogP contribution in [0.4, 0.5) is 13.2 Å². The summed E-state index contributed by atoms with van der Waals surface area (Å²) in [5.74, 6) is 0.639. The van der Waals surface area contributed by atoms with Gasteiger partial charge in [0, 0.05) is 5.92 Å². The van der Waals surface area contributed by atoms with Crippen LogP contribution in [0.1, 0.15) is 35.1 Å². The molecule has 0 aromatic heterocycles. The van der Waals surface area contributed by atoms with Gasteiger partial charge in [-0.05, 0) is 50.1 Å². The van der Waals surface area contributed by atoms with Gasteiger partial charge >= 0.3 is 6.18 Å². The number of aryl methyl sites for hydroxylation is 1. The molecule has 0 aliphatic carbocycles. The number of benzene rings is 2. The van der Waals surface area contributed by atoms with Crippen molar-refractivity contribution in [1.29, 1.82) is 0 Å². The molecule has 0 spiro atoms. The summed E-state index contributed by atoms with van der Waals surface area (Å²) in [5.41, 5.74) is 7.90. The van der Waals surface area contributed by atoms with Gasteiger partial charge in [0.1, 0.15) is 5.75 Å². The maximum absolute atomic E-state index is 12.9. The van der Waals surface area contributed by atoms with Crippen molar-refractivity contribution in [3.05, 3.63) is 64.7 Å². The zero-order valence-corrected chi connectivity index (χ0v) is 13.9. The fourth-order valence-corrected chi connectivity index (χ4v) is 2.75. The molecule has 2 rings (SSSR count). The van der Waals surface area contributed by atoms with Crippen molar-refractivity contribution in [2.75, 3.05) is 13.2 Å². The van der Waals surface area contributed by atoms with E-state index in [1.165, 1.54) is 12.1 Å². The predicted molar refractivity (Wildman–Crippen MR) is 89.3 cm³/mol. The van der Waals surface area contributed by atoms with Gasteiger partial charge in [-0.1, -0.05) is 35.9 Å². The van der Waals surface area contributed by atoms with Crippen molar-refractivity contribution in [3.63, 3.8) is 0 Å². The highest BCUT2D eigenvalue weighted by molar-refractivity contribution is 5.41. The van der Waals surface area contributed by atoms with Crippen LogP contribution in [-0.4, -0.2) is 13.2 Å². The Morgan fingerprint density at radius 2 is 1.88 bits per heavy atom. The highest BCUT2D eigenvalue weighted by Gasteiger charge is 2.30. The first-order valence-corrected chi connectivity index (χ1v) is 7.94. The Labute approximate surface area is 140 Å². The van der Waals surface area contributed by atoms with Crippen molar-refractivity contribution in [2.24, 2.45) is 5.73 Å². The molecule has 1 unspecified atom stereocenters. The molecule has 1 atom stereocenters. The summed E-state index contributed by atoms with van der Waals surface area (Å²) < 4.78 is 44.3. The first-order chi connectivity index (χ1) is 11.3. The van der Waals surface area contributed by atoms with Gasteiger partial charge in [-0.15, -0.1) is 0 Å². The van der Waals surface area contributed by atoms with E-state index >= 15 is 0 Å². The molecule has 0 radical (unpaired) electrons. The SMILES string of the molecule is CCOc1ccc(C)cc1C(CN)Cc1cccc(C(F)(F)F)c1. The minimum absolute atomic E-state index is 0.102. The van der Waals surface area contributed by atoms with E-state index in [4.69, 9.17) is 10.5 Å². The lowest BCUT2D eigenvalue weighted by Gasteiger charge is -2.20. The largest absolute Gasteiger partial charge is 0.494 e. The molecule has 0 aliphatic rings. The summed E-state index contributed by atoms with van der Waals surface area (Å²) in [6.45, 7) is 4.72. The van der Waals surface area contributed by atoms with Crippen LogP contribution >= 0.6 is 0 Å². The number of hydrogen-bond donors (Lipinski definition) is 1. The van der Waals surface area contributed by atoms with Gasteiger partial charge < -0.3 is 10.5 Å². The molecule has 130 valence electrons. The van der Waals surface area contributed by atoms with Crippen LogP contribution < -0.4 is 10.5 Å². The third-order valence-corrected chi connectivity index (χ3v) is 3.93. The molecule has 24 heavy (non-hydrogen) atoms. The smallest absolute Gasteiger partial charge is 0.416 e. The zero-order valence-electron chi connectivity index (χ0n) is 13.9. The quantitative estimate of drug-likeness (QED) is 0.829. The summed E-state index contributed by atoms with van der Waals surface area (Å²) >= 11 is 0. The minimum atomic E-state index is -4.34. The van der Waals surface area contributed by atoms with E-state index in [1.807, 2.05) is 32.0 Å². The lowest BCUT2D eigenvalue weighted by Crippen LogP contribution is -2.17. The highest BCUT2D eigenvalue weighted by Crippen LogP contribution is 2.33. The fourth-order valence-electron chi connectivity index (χ4n) is 2.75. The third-order valence-electron chi connectivity index (χ3n) is 3.93. The molecule has 0 aliphatic heterocycles. The number of halogens is 3. The van der Waals surface area contributed by atoms with Gasteiger partial charge in [0.25, 0.3) is 0 Å². The Bertz CT molecular complexity index is 683. The molecule has 0 fully saturated rings. The van der Waals surface area contributed by atoms with E-state index < -0.39 is 11.7 Å². The van der Waals surface area contributed by atoms with Gasteiger partial charge in [-0.3, -0.25) is 0 Å². The molecule has 0 saturated carbocycles. The van der Waals surface area contributed by atoms with Gasteiger partial charge in [-0.25, -0.2) is 0 Å². The number of alkyl halides is 3. The van der Waals surface area contributed by atoms with E-state index in [2.05, 4.69) is 0 Å². The van der Waals surface area contributed by atoms with Crippen molar-refractivity contribution in [2.45, 2.75) is 32.4 Å². The molecule has 2 aromatic carbocycles. The molecule has 0 heterocycles. The van der Waals surface area contributed by atoms with Crippen LogP contribution in [0.2, 0.25) is 0 Å². The van der Waals surface area contributed by atoms with Crippen LogP contribution in [0.25, 0.3) is 0 Å². The Morgan fingerprint density at radius 3 is 2.50 bits per heavy atom. The van der Waals surface area contributed by atoms with Crippen LogP contribution in [0.15, 0.2) is 42.5 Å². The number of ether oxygens (including phenoxy) is 1. The van der Waals surface area contributed by atoms with Crippen LogP contribution in [-0.2, 0) is 12.6 Å². The molecule has 0 amide bonds. The second-order valence-corrected chi connectivity index (χ2v) is 5.81. The van der Waals surface area contributed by atoms with Crippen molar-refractivity contribution in [3.8, 4) is 5.75 Å². The van der Waals surface area contributed by atoms with E-state index in [-0.39, 0.29) is 5.92 Å².